The first-order chi connectivity index (χ1) is 3.31. The van der Waals surface area contributed by atoms with E-state index >= 15 is 0 Å². The molecule has 0 aromatic heterocycles. The smallest absolute Gasteiger partial charge is 0.159 e. The molecule has 0 amide bonds. The van der Waals surface area contributed by atoms with Gasteiger partial charge in [0.05, 0.1) is 6.07 Å². The summed E-state index contributed by atoms with van der Waals surface area (Å²) < 4.78 is 0. The normalized spacial score (nSPS) is 13.9. The summed E-state index contributed by atoms with van der Waals surface area (Å²) >= 11 is 0. The Labute approximate surface area is 42.7 Å². The standard InChI is InChI=1S/C5H7NO/c1-2-3-5(7)4-6/h2-3,5,7H,1H3. The predicted molar refractivity (Wildman–Crippen MR) is 26.4 cm³/mol. The number of aliphatic hydroxyl groups excluding tert-OH is 1. The Hall–Kier alpha value is -0.810. The Morgan fingerprint density at radius 2 is 2.43 bits per heavy atom. The van der Waals surface area contributed by atoms with Crippen molar-refractivity contribution in [1.82, 2.24) is 0 Å². The first-order valence-corrected chi connectivity index (χ1v) is 2.01. The Morgan fingerprint density at radius 1 is 1.86 bits per heavy atom. The molecule has 0 saturated carbocycles. The van der Waals surface area contributed by atoms with Gasteiger partial charge in [-0.15, -0.1) is 0 Å². The number of nitrogens with zero attached hydrogens (tertiary/aromatic N) is 1. The van der Waals surface area contributed by atoms with Crippen molar-refractivity contribution in [3.05, 3.63) is 12.2 Å². The Bertz CT molecular complexity index is 101. The van der Waals surface area contributed by atoms with E-state index < -0.39 is 6.10 Å². The second-order valence-corrected chi connectivity index (χ2v) is 1.10. The van der Waals surface area contributed by atoms with Crippen molar-refractivity contribution in [2.45, 2.75) is 13.0 Å². The van der Waals surface area contributed by atoms with Gasteiger partial charge in [0, 0.05) is 0 Å². The van der Waals surface area contributed by atoms with Crippen LogP contribution >= 0.6 is 0 Å². The number of hydrogen-bond acceptors (Lipinski definition) is 2. The molecule has 7 heavy (non-hydrogen) atoms. The summed E-state index contributed by atoms with van der Waals surface area (Å²) in [4.78, 5) is 0. The van der Waals surface area contributed by atoms with Crippen LogP contribution < -0.4 is 0 Å². The topological polar surface area (TPSA) is 44.0 Å². The van der Waals surface area contributed by atoms with Crippen molar-refractivity contribution >= 4 is 0 Å². The number of aliphatic hydroxyl groups is 1. The fourth-order valence-electron chi connectivity index (χ4n) is 0.225. The summed E-state index contributed by atoms with van der Waals surface area (Å²) in [6, 6.07) is 1.63. The highest BCUT2D eigenvalue weighted by molar-refractivity contribution is 4.98. The average Bonchev–Trinajstić information content (AvgIpc) is 1.68. The molecule has 0 aromatic rings. The van der Waals surface area contributed by atoms with E-state index in [4.69, 9.17) is 10.4 Å². The van der Waals surface area contributed by atoms with E-state index in [1.165, 1.54) is 6.08 Å². The minimum Gasteiger partial charge on any atom is -0.374 e. The van der Waals surface area contributed by atoms with Crippen LogP contribution in [0.5, 0.6) is 0 Å². The molecule has 1 atom stereocenters. The first-order valence-electron chi connectivity index (χ1n) is 2.01. The van der Waals surface area contributed by atoms with Gasteiger partial charge in [-0.05, 0) is 13.0 Å². The molecule has 0 aliphatic carbocycles. The molecule has 0 radical (unpaired) electrons. The van der Waals surface area contributed by atoms with Gasteiger partial charge in [-0.1, -0.05) is 6.08 Å². The number of rotatable bonds is 1. The third-order valence-corrected chi connectivity index (χ3v) is 0.507. The van der Waals surface area contributed by atoms with Crippen LogP contribution in [0.1, 0.15) is 6.92 Å². The minimum atomic E-state index is -0.926. The molecule has 0 spiro atoms. The summed E-state index contributed by atoms with van der Waals surface area (Å²) in [5.74, 6) is 0. The number of hydrogen-bond donors (Lipinski definition) is 1. The number of allylic oxidation sites excluding steroid dienone is 1. The predicted octanol–water partition coefficient (Wildman–Crippen LogP) is 0.447. The lowest BCUT2D eigenvalue weighted by molar-refractivity contribution is 0.278. The van der Waals surface area contributed by atoms with Crippen molar-refractivity contribution < 1.29 is 5.11 Å². The van der Waals surface area contributed by atoms with Crippen LogP contribution in [0.15, 0.2) is 12.2 Å². The van der Waals surface area contributed by atoms with Crippen LogP contribution in [0.25, 0.3) is 0 Å². The molecule has 2 nitrogen and oxygen atoms in total. The molecule has 0 rings (SSSR count). The third-order valence-electron chi connectivity index (χ3n) is 0.507. The quantitative estimate of drug-likeness (QED) is 0.381. The van der Waals surface area contributed by atoms with E-state index in [1.54, 1.807) is 19.1 Å². The van der Waals surface area contributed by atoms with Gasteiger partial charge in [-0.3, -0.25) is 0 Å². The Kier molecular flexibility index (Phi) is 2.99. The monoisotopic (exact) mass is 97.1 g/mol. The Morgan fingerprint density at radius 3 is 2.57 bits per heavy atom. The zero-order valence-corrected chi connectivity index (χ0v) is 4.13. The molecule has 0 aromatic carbocycles. The second kappa shape index (κ2) is 3.38. The van der Waals surface area contributed by atoms with Crippen molar-refractivity contribution in [2.24, 2.45) is 0 Å². The van der Waals surface area contributed by atoms with Gasteiger partial charge in [0.25, 0.3) is 0 Å². The van der Waals surface area contributed by atoms with E-state index in [1.807, 2.05) is 0 Å². The lowest BCUT2D eigenvalue weighted by Crippen LogP contribution is -1.94. The highest BCUT2D eigenvalue weighted by Gasteiger charge is 1.87. The highest BCUT2D eigenvalue weighted by Crippen LogP contribution is 1.79. The molecule has 0 bridgehead atoms. The summed E-state index contributed by atoms with van der Waals surface area (Å²) in [6.07, 6.45) is 2.12. The van der Waals surface area contributed by atoms with Crippen molar-refractivity contribution in [1.29, 1.82) is 5.26 Å². The van der Waals surface area contributed by atoms with Gasteiger partial charge in [-0.2, -0.15) is 5.26 Å². The van der Waals surface area contributed by atoms with Crippen LogP contribution in [0.2, 0.25) is 0 Å². The zero-order chi connectivity index (χ0) is 5.70. The van der Waals surface area contributed by atoms with E-state index in [2.05, 4.69) is 0 Å². The van der Waals surface area contributed by atoms with Gasteiger partial charge in [0.1, 0.15) is 0 Å². The molecular formula is C5H7NO. The van der Waals surface area contributed by atoms with Crippen molar-refractivity contribution in [2.75, 3.05) is 0 Å². The van der Waals surface area contributed by atoms with Crippen LogP contribution in [0.3, 0.4) is 0 Å². The fourth-order valence-corrected chi connectivity index (χ4v) is 0.225. The van der Waals surface area contributed by atoms with Crippen LogP contribution in [0.4, 0.5) is 0 Å². The van der Waals surface area contributed by atoms with E-state index in [0.29, 0.717) is 0 Å². The summed E-state index contributed by atoms with van der Waals surface area (Å²) in [5.41, 5.74) is 0. The fraction of sp³-hybridized carbons (Fsp3) is 0.400. The minimum absolute atomic E-state index is 0.926. The number of nitriles is 1. The van der Waals surface area contributed by atoms with Gasteiger partial charge in [0.2, 0.25) is 0 Å². The molecule has 1 N–H and O–H groups in total. The molecule has 1 unspecified atom stereocenters. The van der Waals surface area contributed by atoms with Crippen molar-refractivity contribution in [3.63, 3.8) is 0 Å². The largest absolute Gasteiger partial charge is 0.374 e. The Balaban J connectivity index is 3.42. The maximum Gasteiger partial charge on any atom is 0.159 e. The van der Waals surface area contributed by atoms with E-state index in [-0.39, 0.29) is 0 Å². The van der Waals surface area contributed by atoms with Crippen LogP contribution in [0, 0.1) is 11.3 Å². The van der Waals surface area contributed by atoms with Gasteiger partial charge in [0.15, 0.2) is 6.10 Å². The molecular weight excluding hydrogens is 90.1 g/mol. The SMILES string of the molecule is CC=CC(O)C#N. The second-order valence-electron chi connectivity index (χ2n) is 1.10. The van der Waals surface area contributed by atoms with Gasteiger partial charge in [-0.25, -0.2) is 0 Å². The van der Waals surface area contributed by atoms with Crippen LogP contribution in [-0.4, -0.2) is 11.2 Å². The maximum atomic E-state index is 8.41. The molecule has 38 valence electrons. The third kappa shape index (κ3) is 3.01. The molecule has 0 heterocycles. The zero-order valence-electron chi connectivity index (χ0n) is 4.13. The van der Waals surface area contributed by atoms with E-state index in [9.17, 15) is 0 Å². The molecule has 2 heteroatoms. The van der Waals surface area contributed by atoms with Crippen molar-refractivity contribution in [3.8, 4) is 6.07 Å². The summed E-state index contributed by atoms with van der Waals surface area (Å²) in [7, 11) is 0. The lowest BCUT2D eigenvalue weighted by atomic mass is 10.4. The summed E-state index contributed by atoms with van der Waals surface area (Å²) in [5, 5.41) is 16.3. The average molecular weight is 97.1 g/mol. The molecule has 0 aliphatic heterocycles. The summed E-state index contributed by atoms with van der Waals surface area (Å²) in [6.45, 7) is 1.75. The molecule has 0 fully saturated rings. The van der Waals surface area contributed by atoms with E-state index in [0.717, 1.165) is 0 Å². The highest BCUT2D eigenvalue weighted by atomic mass is 16.3. The molecule has 0 aliphatic rings. The van der Waals surface area contributed by atoms with Gasteiger partial charge < -0.3 is 5.11 Å². The van der Waals surface area contributed by atoms with Gasteiger partial charge >= 0.3 is 0 Å². The van der Waals surface area contributed by atoms with Crippen LogP contribution in [-0.2, 0) is 0 Å². The maximum absolute atomic E-state index is 8.41. The first kappa shape index (κ1) is 6.19. The lowest BCUT2D eigenvalue weighted by Gasteiger charge is -1.83. The molecule has 0 saturated heterocycles.